The number of amides is 1. The van der Waals surface area contributed by atoms with E-state index in [4.69, 9.17) is 14.2 Å². The molecule has 0 aliphatic carbocycles. The average Bonchev–Trinajstić information content (AvgIpc) is 2.98. The van der Waals surface area contributed by atoms with Crippen molar-refractivity contribution in [2.24, 2.45) is 0 Å². The number of ether oxygens (including phenoxy) is 3. The molecule has 2 fully saturated rings. The average molecular weight is 575 g/mol. The summed E-state index contributed by atoms with van der Waals surface area (Å²) in [6.07, 6.45) is -0.308. The predicted octanol–water partition coefficient (Wildman–Crippen LogP) is 1.65. The molecule has 2 saturated heterocycles. The SMILES string of the molecule is COc1ccc(S(=O)(=O)NCCCN2CCOCC2)cc1N1CCN(C(=O)C(OC(C)=O)c2ccccc2)CC1. The molecule has 2 heterocycles. The molecule has 40 heavy (non-hydrogen) atoms. The van der Waals surface area contributed by atoms with Crippen molar-refractivity contribution in [2.75, 3.05) is 77.6 Å². The Morgan fingerprint density at radius 1 is 1.00 bits per heavy atom. The van der Waals surface area contributed by atoms with E-state index in [1.807, 2.05) is 11.0 Å². The van der Waals surface area contributed by atoms with E-state index >= 15 is 0 Å². The van der Waals surface area contributed by atoms with E-state index in [9.17, 15) is 18.0 Å². The van der Waals surface area contributed by atoms with Gasteiger partial charge in [-0.1, -0.05) is 30.3 Å². The smallest absolute Gasteiger partial charge is 0.303 e. The van der Waals surface area contributed by atoms with Gasteiger partial charge in [-0.25, -0.2) is 13.1 Å². The minimum Gasteiger partial charge on any atom is -0.495 e. The molecular formula is C28H38N4O7S. The van der Waals surface area contributed by atoms with Gasteiger partial charge in [-0.05, 0) is 31.2 Å². The van der Waals surface area contributed by atoms with Crippen molar-refractivity contribution < 1.29 is 32.2 Å². The minimum absolute atomic E-state index is 0.159. The summed E-state index contributed by atoms with van der Waals surface area (Å²) in [6, 6.07) is 13.8. The lowest BCUT2D eigenvalue weighted by molar-refractivity contribution is -0.159. The van der Waals surface area contributed by atoms with Crippen molar-refractivity contribution in [3.8, 4) is 5.75 Å². The van der Waals surface area contributed by atoms with E-state index in [-0.39, 0.29) is 10.8 Å². The van der Waals surface area contributed by atoms with Crippen molar-refractivity contribution >= 4 is 27.6 Å². The van der Waals surface area contributed by atoms with E-state index in [0.717, 1.165) is 19.6 Å². The predicted molar refractivity (Wildman–Crippen MR) is 150 cm³/mol. The second-order valence-corrected chi connectivity index (χ2v) is 11.5. The Morgan fingerprint density at radius 2 is 1.70 bits per heavy atom. The van der Waals surface area contributed by atoms with Crippen LogP contribution in [0.25, 0.3) is 0 Å². The summed E-state index contributed by atoms with van der Waals surface area (Å²) in [5, 5.41) is 0. The van der Waals surface area contributed by atoms with Gasteiger partial charge in [0.1, 0.15) is 5.75 Å². The number of piperazine rings is 1. The van der Waals surface area contributed by atoms with Gasteiger partial charge in [0.25, 0.3) is 5.91 Å². The van der Waals surface area contributed by atoms with Crippen LogP contribution in [0.2, 0.25) is 0 Å². The molecule has 0 spiro atoms. The van der Waals surface area contributed by atoms with Crippen molar-refractivity contribution in [3.05, 3.63) is 54.1 Å². The quantitative estimate of drug-likeness (QED) is 0.316. The Hall–Kier alpha value is -3.19. The Morgan fingerprint density at radius 3 is 2.35 bits per heavy atom. The topological polar surface area (TPSA) is 118 Å². The lowest BCUT2D eigenvalue weighted by Crippen LogP contribution is -2.50. The Balaban J connectivity index is 1.39. The number of anilines is 1. The fraction of sp³-hybridized carbons (Fsp3) is 0.500. The second kappa shape index (κ2) is 13.9. The summed E-state index contributed by atoms with van der Waals surface area (Å²) < 4.78 is 45.1. The number of hydrogen-bond donors (Lipinski definition) is 1. The van der Waals surface area contributed by atoms with Gasteiger partial charge >= 0.3 is 5.97 Å². The number of morpholine rings is 1. The number of hydrogen-bond acceptors (Lipinski definition) is 9. The van der Waals surface area contributed by atoms with Gasteiger partial charge in [-0.15, -0.1) is 0 Å². The summed E-state index contributed by atoms with van der Waals surface area (Å²) in [6.45, 7) is 7.26. The summed E-state index contributed by atoms with van der Waals surface area (Å²) in [5.41, 5.74) is 1.26. The Labute approximate surface area is 236 Å². The van der Waals surface area contributed by atoms with E-state index in [2.05, 4.69) is 9.62 Å². The van der Waals surface area contributed by atoms with Crippen molar-refractivity contribution in [1.82, 2.24) is 14.5 Å². The van der Waals surface area contributed by atoms with Gasteiger partial charge < -0.3 is 24.0 Å². The lowest BCUT2D eigenvalue weighted by Gasteiger charge is -2.38. The zero-order chi connectivity index (χ0) is 28.5. The molecule has 12 heteroatoms. The Kier molecular flexibility index (Phi) is 10.4. The normalized spacial score (nSPS) is 17.4. The first kappa shape index (κ1) is 29.8. The molecule has 11 nitrogen and oxygen atoms in total. The van der Waals surface area contributed by atoms with Crippen LogP contribution in [0.5, 0.6) is 5.75 Å². The molecule has 1 amide bonds. The molecule has 0 radical (unpaired) electrons. The molecule has 1 atom stereocenters. The number of nitrogens with zero attached hydrogens (tertiary/aromatic N) is 3. The fourth-order valence-corrected chi connectivity index (χ4v) is 5.98. The van der Waals surface area contributed by atoms with Crippen LogP contribution in [-0.4, -0.2) is 103 Å². The highest BCUT2D eigenvalue weighted by atomic mass is 32.2. The van der Waals surface area contributed by atoms with Crippen molar-refractivity contribution in [2.45, 2.75) is 24.3 Å². The first-order valence-corrected chi connectivity index (χ1v) is 15.0. The molecule has 4 rings (SSSR count). The maximum atomic E-state index is 13.3. The fourth-order valence-electron chi connectivity index (χ4n) is 4.89. The standard InChI is InChI=1S/C28H38N4O7S/c1-22(33)39-27(23-7-4-3-5-8-23)28(34)32-15-13-31(14-16-32)25-21-24(9-10-26(25)37-2)40(35,36)29-11-6-12-30-17-19-38-20-18-30/h3-5,7-10,21,27,29H,6,11-20H2,1-2H3. The van der Waals surface area contributed by atoms with Gasteiger partial charge in [-0.3, -0.25) is 14.5 Å². The lowest BCUT2D eigenvalue weighted by atomic mass is 10.1. The van der Waals surface area contributed by atoms with Gasteiger partial charge in [-0.2, -0.15) is 0 Å². The highest BCUT2D eigenvalue weighted by Crippen LogP contribution is 2.32. The third kappa shape index (κ3) is 7.72. The van der Waals surface area contributed by atoms with E-state index < -0.39 is 22.1 Å². The molecule has 2 aromatic carbocycles. The molecule has 0 bridgehead atoms. The van der Waals surface area contributed by atoms with Crippen LogP contribution in [0.15, 0.2) is 53.4 Å². The van der Waals surface area contributed by atoms with Gasteiger partial charge in [0.15, 0.2) is 0 Å². The third-order valence-corrected chi connectivity index (χ3v) is 8.51. The number of methoxy groups -OCH3 is 1. The zero-order valence-electron chi connectivity index (χ0n) is 23.1. The number of sulfonamides is 1. The van der Waals surface area contributed by atoms with Crippen LogP contribution in [0.3, 0.4) is 0 Å². The van der Waals surface area contributed by atoms with Gasteiger partial charge in [0.2, 0.25) is 16.1 Å². The van der Waals surface area contributed by atoms with Crippen LogP contribution in [0, 0.1) is 0 Å². The van der Waals surface area contributed by atoms with Gasteiger partial charge in [0, 0.05) is 58.3 Å². The van der Waals surface area contributed by atoms with Crippen LogP contribution in [0.1, 0.15) is 25.0 Å². The van der Waals surface area contributed by atoms with Crippen LogP contribution < -0.4 is 14.4 Å². The van der Waals surface area contributed by atoms with Crippen LogP contribution in [-0.2, 0) is 29.1 Å². The Bertz CT molecular complexity index is 1240. The molecule has 1 N–H and O–H groups in total. The van der Waals surface area contributed by atoms with Crippen LogP contribution >= 0.6 is 0 Å². The summed E-state index contributed by atoms with van der Waals surface area (Å²) >= 11 is 0. The van der Waals surface area contributed by atoms with E-state index in [0.29, 0.717) is 69.4 Å². The first-order valence-electron chi connectivity index (χ1n) is 13.5. The monoisotopic (exact) mass is 574 g/mol. The highest BCUT2D eigenvalue weighted by Gasteiger charge is 2.32. The molecule has 2 aromatic rings. The number of carbonyl (C=O) groups excluding carboxylic acids is 2. The first-order chi connectivity index (χ1) is 19.3. The van der Waals surface area contributed by atoms with Gasteiger partial charge in [0.05, 0.1) is 30.9 Å². The molecule has 2 aliphatic rings. The maximum absolute atomic E-state index is 13.3. The van der Waals surface area contributed by atoms with E-state index in [1.165, 1.54) is 13.0 Å². The molecule has 1 unspecified atom stereocenters. The molecule has 0 saturated carbocycles. The number of benzene rings is 2. The number of rotatable bonds is 11. The molecular weight excluding hydrogens is 536 g/mol. The summed E-state index contributed by atoms with van der Waals surface area (Å²) in [5.74, 6) is -0.267. The molecule has 2 aliphatic heterocycles. The van der Waals surface area contributed by atoms with E-state index in [1.54, 1.807) is 48.4 Å². The second-order valence-electron chi connectivity index (χ2n) is 9.75. The molecule has 218 valence electrons. The zero-order valence-corrected chi connectivity index (χ0v) is 23.9. The number of esters is 1. The largest absolute Gasteiger partial charge is 0.495 e. The van der Waals surface area contributed by atoms with Crippen LogP contribution in [0.4, 0.5) is 5.69 Å². The van der Waals surface area contributed by atoms with Crippen molar-refractivity contribution in [1.29, 1.82) is 0 Å². The molecule has 0 aromatic heterocycles. The highest BCUT2D eigenvalue weighted by molar-refractivity contribution is 7.89. The van der Waals surface area contributed by atoms with Crippen molar-refractivity contribution in [3.63, 3.8) is 0 Å². The summed E-state index contributed by atoms with van der Waals surface area (Å²) in [7, 11) is -2.17. The number of carbonyl (C=O) groups is 2. The third-order valence-electron chi connectivity index (χ3n) is 7.05. The number of nitrogens with one attached hydrogen (secondary N) is 1. The maximum Gasteiger partial charge on any atom is 0.303 e. The summed E-state index contributed by atoms with van der Waals surface area (Å²) in [4.78, 5) is 31.1. The minimum atomic E-state index is -3.72.